The van der Waals surface area contributed by atoms with E-state index >= 15 is 4.39 Å². The summed E-state index contributed by atoms with van der Waals surface area (Å²) < 4.78 is 40.7. The second kappa shape index (κ2) is 11.7. The van der Waals surface area contributed by atoms with Crippen LogP contribution in [-0.2, 0) is 14.3 Å². The normalized spacial score (nSPS) is 20.4. The fourth-order valence-electron chi connectivity index (χ4n) is 4.19. The molecular weight excluding hydrogens is 498 g/mol. The molecular formula is C24H27ClF2N4O5. The van der Waals surface area contributed by atoms with Crippen molar-refractivity contribution < 1.29 is 32.6 Å². The number of nitrogens with one attached hydrogen (secondary N) is 1. The summed E-state index contributed by atoms with van der Waals surface area (Å²) >= 11 is 0. The van der Waals surface area contributed by atoms with E-state index in [0.29, 0.717) is 31.8 Å². The molecule has 0 bridgehead atoms. The van der Waals surface area contributed by atoms with Gasteiger partial charge in [0.15, 0.2) is 0 Å². The minimum Gasteiger partial charge on any atom is -0.456 e. The highest BCUT2D eigenvalue weighted by molar-refractivity contribution is 6.16. The molecule has 4 rings (SSSR count). The molecule has 0 radical (unpaired) electrons. The summed E-state index contributed by atoms with van der Waals surface area (Å²) in [5, 5.41) is 2.12. The number of amides is 4. The molecule has 1 aromatic heterocycles. The number of carbonyl (C=O) groups excluding carboxylic acids is 3. The number of rotatable bonds is 7. The molecule has 36 heavy (non-hydrogen) atoms. The zero-order valence-electron chi connectivity index (χ0n) is 19.5. The lowest BCUT2D eigenvalue weighted by Gasteiger charge is -2.37. The molecule has 0 aliphatic carbocycles. The van der Waals surface area contributed by atoms with Crippen LogP contribution >= 0.6 is 12.4 Å². The Morgan fingerprint density at radius 3 is 2.56 bits per heavy atom. The summed E-state index contributed by atoms with van der Waals surface area (Å²) in [6, 6.07) is 4.41. The van der Waals surface area contributed by atoms with Crippen LogP contribution in [0.5, 0.6) is 11.5 Å². The standard InChI is InChI=1S/C24H26F2N4O5.ClH/c1-13-2-3-16(12-28-13)35-15-4-5-19(25)17(10-15)21(27)20(26)11-18-22(31)29-24(33)30(23(18)32)14-6-8-34-9-7-14;/h2-5,10,12,14,18,20-21H,6-9,11,27H2,1H3,(H,29,31,33);1H. The van der Waals surface area contributed by atoms with Crippen LogP contribution in [0.15, 0.2) is 36.5 Å². The Hall–Kier alpha value is -3.15. The van der Waals surface area contributed by atoms with Crippen molar-refractivity contribution >= 4 is 30.3 Å². The molecule has 3 unspecified atom stereocenters. The first-order chi connectivity index (χ1) is 16.7. The number of halogens is 3. The van der Waals surface area contributed by atoms with E-state index < -0.39 is 54.3 Å². The number of hydrogen-bond acceptors (Lipinski definition) is 7. The smallest absolute Gasteiger partial charge is 0.331 e. The van der Waals surface area contributed by atoms with Crippen molar-refractivity contribution in [2.45, 2.75) is 44.4 Å². The third-order valence-corrected chi connectivity index (χ3v) is 6.15. The number of pyridine rings is 1. The first-order valence-electron chi connectivity index (χ1n) is 11.3. The van der Waals surface area contributed by atoms with Gasteiger partial charge in [0.2, 0.25) is 11.8 Å². The lowest BCUT2D eigenvalue weighted by molar-refractivity contribution is -0.146. The molecule has 194 valence electrons. The zero-order valence-corrected chi connectivity index (χ0v) is 20.3. The molecule has 2 saturated heterocycles. The van der Waals surface area contributed by atoms with E-state index in [1.54, 1.807) is 12.1 Å². The molecule has 2 fully saturated rings. The monoisotopic (exact) mass is 524 g/mol. The summed E-state index contributed by atoms with van der Waals surface area (Å²) in [4.78, 5) is 42.7. The van der Waals surface area contributed by atoms with Crippen LogP contribution in [0.3, 0.4) is 0 Å². The van der Waals surface area contributed by atoms with Gasteiger partial charge in [0, 0.05) is 36.9 Å². The molecule has 3 atom stereocenters. The van der Waals surface area contributed by atoms with E-state index in [9.17, 15) is 18.8 Å². The predicted molar refractivity (Wildman–Crippen MR) is 127 cm³/mol. The lowest BCUT2D eigenvalue weighted by Crippen LogP contribution is -2.62. The molecule has 12 heteroatoms. The number of alkyl halides is 1. The Labute approximate surface area is 212 Å². The number of imide groups is 2. The maximum absolute atomic E-state index is 15.3. The first kappa shape index (κ1) is 27.4. The average Bonchev–Trinajstić information content (AvgIpc) is 2.84. The van der Waals surface area contributed by atoms with Gasteiger partial charge >= 0.3 is 6.03 Å². The number of nitrogens with zero attached hydrogens (tertiary/aromatic N) is 2. The molecule has 2 aliphatic heterocycles. The number of urea groups is 1. The lowest BCUT2D eigenvalue weighted by atomic mass is 9.91. The number of benzene rings is 1. The maximum atomic E-state index is 15.3. The zero-order chi connectivity index (χ0) is 25.1. The van der Waals surface area contributed by atoms with E-state index in [0.717, 1.165) is 16.7 Å². The maximum Gasteiger partial charge on any atom is 0.331 e. The van der Waals surface area contributed by atoms with E-state index in [2.05, 4.69) is 10.3 Å². The number of nitrogens with two attached hydrogens (primary N) is 1. The van der Waals surface area contributed by atoms with Gasteiger partial charge in [-0.3, -0.25) is 24.8 Å². The second-order valence-corrected chi connectivity index (χ2v) is 8.60. The molecule has 1 aromatic carbocycles. The Bertz CT molecular complexity index is 1110. The molecule has 3 N–H and O–H groups in total. The van der Waals surface area contributed by atoms with Crippen molar-refractivity contribution in [3.8, 4) is 11.5 Å². The number of aromatic nitrogens is 1. The minimum absolute atomic E-state index is 0. The van der Waals surface area contributed by atoms with Gasteiger partial charge in [-0.05, 0) is 50.1 Å². The van der Waals surface area contributed by atoms with Crippen LogP contribution in [0, 0.1) is 18.7 Å². The summed E-state index contributed by atoms with van der Waals surface area (Å²) in [6.07, 6.45) is -0.217. The van der Waals surface area contributed by atoms with Crippen LogP contribution < -0.4 is 15.8 Å². The topological polar surface area (TPSA) is 124 Å². The summed E-state index contributed by atoms with van der Waals surface area (Å²) in [5.41, 5.74) is 6.63. The number of aryl methyl sites for hydroxylation is 1. The Morgan fingerprint density at radius 1 is 1.19 bits per heavy atom. The van der Waals surface area contributed by atoms with Gasteiger partial charge in [-0.2, -0.15) is 0 Å². The molecule has 4 amide bonds. The highest BCUT2D eigenvalue weighted by Gasteiger charge is 2.45. The minimum atomic E-state index is -1.95. The predicted octanol–water partition coefficient (Wildman–Crippen LogP) is 3.34. The average molecular weight is 525 g/mol. The highest BCUT2D eigenvalue weighted by atomic mass is 35.5. The van der Waals surface area contributed by atoms with Crippen LogP contribution in [0.1, 0.15) is 36.6 Å². The number of hydrogen-bond donors (Lipinski definition) is 2. The number of barbiturate groups is 1. The third-order valence-electron chi connectivity index (χ3n) is 6.15. The third kappa shape index (κ3) is 5.97. The van der Waals surface area contributed by atoms with Crippen LogP contribution in [0.25, 0.3) is 0 Å². The second-order valence-electron chi connectivity index (χ2n) is 8.60. The van der Waals surface area contributed by atoms with Crippen molar-refractivity contribution in [1.29, 1.82) is 0 Å². The largest absolute Gasteiger partial charge is 0.456 e. The van der Waals surface area contributed by atoms with Crippen LogP contribution in [0.2, 0.25) is 0 Å². The number of ether oxygens (including phenoxy) is 2. The Kier molecular flexibility index (Phi) is 8.93. The fraction of sp³-hybridized carbons (Fsp3) is 0.417. The van der Waals surface area contributed by atoms with E-state index in [4.69, 9.17) is 15.2 Å². The Balaban J connectivity index is 0.00000361. The summed E-state index contributed by atoms with van der Waals surface area (Å²) in [6.45, 7) is 2.55. The van der Waals surface area contributed by atoms with Gasteiger partial charge in [-0.25, -0.2) is 13.6 Å². The highest BCUT2D eigenvalue weighted by Crippen LogP contribution is 2.31. The van der Waals surface area contributed by atoms with Crippen molar-refractivity contribution in [3.05, 3.63) is 53.6 Å². The van der Waals surface area contributed by atoms with Crippen molar-refractivity contribution in [2.24, 2.45) is 11.7 Å². The van der Waals surface area contributed by atoms with E-state index in [1.807, 2.05) is 6.92 Å². The van der Waals surface area contributed by atoms with Gasteiger partial charge in [0.05, 0.1) is 12.2 Å². The first-order valence-corrected chi connectivity index (χ1v) is 11.3. The SMILES string of the molecule is Cc1ccc(Oc2ccc(F)c(C(N)C(F)CC3C(=O)NC(=O)N(C4CCOCC4)C3=O)c2)cn1.Cl. The van der Waals surface area contributed by atoms with Crippen molar-refractivity contribution in [2.75, 3.05) is 13.2 Å². The van der Waals surface area contributed by atoms with Gasteiger partial charge in [0.25, 0.3) is 0 Å². The summed E-state index contributed by atoms with van der Waals surface area (Å²) in [5.74, 6) is -3.28. The molecule has 0 spiro atoms. The van der Waals surface area contributed by atoms with Crippen molar-refractivity contribution in [1.82, 2.24) is 15.2 Å². The molecule has 9 nitrogen and oxygen atoms in total. The molecule has 2 aliphatic rings. The number of carbonyl (C=O) groups is 3. The van der Waals surface area contributed by atoms with Gasteiger partial charge in [0.1, 0.15) is 29.4 Å². The molecule has 3 heterocycles. The van der Waals surface area contributed by atoms with Gasteiger partial charge in [-0.15, -0.1) is 12.4 Å². The molecule has 0 saturated carbocycles. The van der Waals surface area contributed by atoms with Gasteiger partial charge < -0.3 is 15.2 Å². The fourth-order valence-corrected chi connectivity index (χ4v) is 4.19. The van der Waals surface area contributed by atoms with Gasteiger partial charge in [-0.1, -0.05) is 0 Å². The van der Waals surface area contributed by atoms with E-state index in [-0.39, 0.29) is 23.7 Å². The summed E-state index contributed by atoms with van der Waals surface area (Å²) in [7, 11) is 0. The van der Waals surface area contributed by atoms with Crippen LogP contribution in [0.4, 0.5) is 13.6 Å². The Morgan fingerprint density at radius 2 is 1.89 bits per heavy atom. The molecule has 2 aromatic rings. The quantitative estimate of drug-likeness (QED) is 0.532. The van der Waals surface area contributed by atoms with Crippen molar-refractivity contribution in [3.63, 3.8) is 0 Å². The van der Waals surface area contributed by atoms with Crippen LogP contribution in [-0.4, -0.2) is 53.2 Å². The van der Waals surface area contributed by atoms with E-state index in [1.165, 1.54) is 18.3 Å².